The van der Waals surface area contributed by atoms with Gasteiger partial charge in [0.05, 0.1) is 6.10 Å². The molecule has 0 fully saturated rings. The van der Waals surface area contributed by atoms with Gasteiger partial charge in [-0.1, -0.05) is 69.3 Å². The Morgan fingerprint density at radius 2 is 1.44 bits per heavy atom. The first kappa shape index (κ1) is 12.8. The minimum absolute atomic E-state index is 0.144. The van der Waals surface area contributed by atoms with Crippen molar-refractivity contribution in [2.45, 2.75) is 26.9 Å². The van der Waals surface area contributed by atoms with Gasteiger partial charge in [-0.05, 0) is 28.2 Å². The van der Waals surface area contributed by atoms with Gasteiger partial charge in [0.1, 0.15) is 0 Å². The van der Waals surface area contributed by atoms with E-state index in [0.29, 0.717) is 0 Å². The lowest BCUT2D eigenvalue weighted by atomic mass is 9.84. The first-order valence-corrected chi connectivity index (χ1v) is 6.32. The maximum absolute atomic E-state index is 10.3. The van der Waals surface area contributed by atoms with Crippen LogP contribution in [-0.2, 0) is 0 Å². The van der Waals surface area contributed by atoms with Crippen LogP contribution in [0.4, 0.5) is 0 Å². The summed E-state index contributed by atoms with van der Waals surface area (Å²) in [6.07, 6.45) is -0.443. The highest BCUT2D eigenvalue weighted by Crippen LogP contribution is 2.34. The Morgan fingerprint density at radius 3 is 2.06 bits per heavy atom. The molecule has 2 aromatic carbocycles. The standard InChI is InChI=1S/C17H20O/c1-17(2,3)16(18)15-11-7-10-14(12-15)13-8-5-4-6-9-13/h4-12,16,18H,1-3H3/t16-/m1/s1. The fourth-order valence-electron chi connectivity index (χ4n) is 2.02. The minimum atomic E-state index is -0.443. The number of hydrogen-bond donors (Lipinski definition) is 1. The molecular formula is C17H20O. The summed E-state index contributed by atoms with van der Waals surface area (Å²) in [7, 11) is 0. The van der Waals surface area contributed by atoms with Crippen molar-refractivity contribution in [3.8, 4) is 11.1 Å². The van der Waals surface area contributed by atoms with Crippen molar-refractivity contribution in [1.82, 2.24) is 0 Å². The summed E-state index contributed by atoms with van der Waals surface area (Å²) in [6, 6.07) is 18.4. The van der Waals surface area contributed by atoms with E-state index in [1.807, 2.05) is 51.1 Å². The molecule has 2 rings (SSSR count). The van der Waals surface area contributed by atoms with Crippen LogP contribution in [0.2, 0.25) is 0 Å². The lowest BCUT2D eigenvalue weighted by Crippen LogP contribution is -2.17. The van der Waals surface area contributed by atoms with Crippen LogP contribution in [0.3, 0.4) is 0 Å². The van der Waals surface area contributed by atoms with Crippen LogP contribution < -0.4 is 0 Å². The van der Waals surface area contributed by atoms with Gasteiger partial charge in [-0.15, -0.1) is 0 Å². The van der Waals surface area contributed by atoms with Gasteiger partial charge in [0.15, 0.2) is 0 Å². The maximum atomic E-state index is 10.3. The topological polar surface area (TPSA) is 20.2 Å². The molecule has 0 aliphatic heterocycles. The molecule has 0 bridgehead atoms. The smallest absolute Gasteiger partial charge is 0.0838 e. The normalized spacial score (nSPS) is 13.3. The van der Waals surface area contributed by atoms with Crippen LogP contribution in [0.25, 0.3) is 11.1 Å². The van der Waals surface area contributed by atoms with Crippen LogP contribution in [0, 0.1) is 5.41 Å². The molecule has 1 N–H and O–H groups in total. The average molecular weight is 240 g/mol. The molecular weight excluding hydrogens is 220 g/mol. The van der Waals surface area contributed by atoms with Crippen molar-refractivity contribution in [2.75, 3.05) is 0 Å². The van der Waals surface area contributed by atoms with E-state index in [0.717, 1.165) is 11.1 Å². The fourth-order valence-corrected chi connectivity index (χ4v) is 2.02. The van der Waals surface area contributed by atoms with Crippen molar-refractivity contribution in [2.24, 2.45) is 5.41 Å². The van der Waals surface area contributed by atoms with Gasteiger partial charge in [0.2, 0.25) is 0 Å². The van der Waals surface area contributed by atoms with E-state index in [4.69, 9.17) is 0 Å². The van der Waals surface area contributed by atoms with Crippen LogP contribution in [-0.4, -0.2) is 5.11 Å². The molecule has 18 heavy (non-hydrogen) atoms. The molecule has 0 spiro atoms. The number of hydrogen-bond acceptors (Lipinski definition) is 1. The second kappa shape index (κ2) is 4.95. The molecule has 94 valence electrons. The van der Waals surface area contributed by atoms with Gasteiger partial charge >= 0.3 is 0 Å². The van der Waals surface area contributed by atoms with E-state index in [1.54, 1.807) is 0 Å². The van der Waals surface area contributed by atoms with Gasteiger partial charge in [-0.3, -0.25) is 0 Å². The summed E-state index contributed by atoms with van der Waals surface area (Å²) in [6.45, 7) is 6.15. The molecule has 0 saturated carbocycles. The predicted molar refractivity (Wildman–Crippen MR) is 76.3 cm³/mol. The van der Waals surface area contributed by atoms with Crippen LogP contribution in [0.15, 0.2) is 54.6 Å². The van der Waals surface area contributed by atoms with Crippen molar-refractivity contribution in [3.05, 3.63) is 60.2 Å². The lowest BCUT2D eigenvalue weighted by Gasteiger charge is -2.26. The summed E-state index contributed by atoms with van der Waals surface area (Å²) < 4.78 is 0. The molecule has 0 aliphatic rings. The van der Waals surface area contributed by atoms with Gasteiger partial charge < -0.3 is 5.11 Å². The van der Waals surface area contributed by atoms with E-state index in [2.05, 4.69) is 24.3 Å². The summed E-state index contributed by atoms with van der Waals surface area (Å²) in [5, 5.41) is 10.3. The Hall–Kier alpha value is -1.60. The molecule has 0 amide bonds. The van der Waals surface area contributed by atoms with E-state index in [1.165, 1.54) is 5.56 Å². The van der Waals surface area contributed by atoms with Crippen molar-refractivity contribution in [3.63, 3.8) is 0 Å². The van der Waals surface area contributed by atoms with Gasteiger partial charge in [0.25, 0.3) is 0 Å². The number of aliphatic hydroxyl groups excluding tert-OH is 1. The van der Waals surface area contributed by atoms with E-state index in [-0.39, 0.29) is 5.41 Å². The molecule has 0 unspecified atom stereocenters. The van der Waals surface area contributed by atoms with Crippen LogP contribution in [0.5, 0.6) is 0 Å². The molecule has 1 heteroatoms. The first-order chi connectivity index (χ1) is 8.48. The molecule has 0 aliphatic carbocycles. The molecule has 0 heterocycles. The highest BCUT2D eigenvalue weighted by Gasteiger charge is 2.23. The lowest BCUT2D eigenvalue weighted by molar-refractivity contribution is 0.0627. The highest BCUT2D eigenvalue weighted by molar-refractivity contribution is 5.64. The van der Waals surface area contributed by atoms with E-state index < -0.39 is 6.10 Å². The Labute approximate surface area is 109 Å². The molecule has 0 radical (unpaired) electrons. The van der Waals surface area contributed by atoms with Crippen molar-refractivity contribution >= 4 is 0 Å². The third kappa shape index (κ3) is 2.80. The third-order valence-electron chi connectivity index (χ3n) is 3.13. The van der Waals surface area contributed by atoms with Crippen LogP contribution in [0.1, 0.15) is 32.4 Å². The quantitative estimate of drug-likeness (QED) is 0.823. The average Bonchev–Trinajstić information content (AvgIpc) is 2.38. The maximum Gasteiger partial charge on any atom is 0.0838 e. The van der Waals surface area contributed by atoms with Crippen LogP contribution >= 0.6 is 0 Å². The number of rotatable bonds is 2. The fraction of sp³-hybridized carbons (Fsp3) is 0.294. The summed E-state index contributed by atoms with van der Waals surface area (Å²) in [5.74, 6) is 0. The van der Waals surface area contributed by atoms with Crippen molar-refractivity contribution < 1.29 is 5.11 Å². The second-order valence-electron chi connectivity index (χ2n) is 5.76. The molecule has 0 saturated heterocycles. The molecule has 2 aromatic rings. The molecule has 1 atom stereocenters. The SMILES string of the molecule is CC(C)(C)[C@H](O)c1cccc(-c2ccccc2)c1. The largest absolute Gasteiger partial charge is 0.388 e. The first-order valence-electron chi connectivity index (χ1n) is 6.32. The van der Waals surface area contributed by atoms with Gasteiger partial charge in [-0.25, -0.2) is 0 Å². The summed E-state index contributed by atoms with van der Waals surface area (Å²) in [5.41, 5.74) is 3.16. The zero-order chi connectivity index (χ0) is 13.2. The Balaban J connectivity index is 2.37. The Kier molecular flexibility index (Phi) is 3.53. The van der Waals surface area contributed by atoms with Gasteiger partial charge in [0, 0.05) is 0 Å². The zero-order valence-corrected chi connectivity index (χ0v) is 11.2. The predicted octanol–water partition coefficient (Wildman–Crippen LogP) is 4.43. The molecule has 0 aromatic heterocycles. The van der Waals surface area contributed by atoms with Crippen molar-refractivity contribution in [1.29, 1.82) is 0 Å². The monoisotopic (exact) mass is 240 g/mol. The van der Waals surface area contributed by atoms with Gasteiger partial charge in [-0.2, -0.15) is 0 Å². The number of benzene rings is 2. The minimum Gasteiger partial charge on any atom is -0.388 e. The molecule has 1 nitrogen and oxygen atoms in total. The Bertz CT molecular complexity index is 509. The third-order valence-corrected chi connectivity index (χ3v) is 3.13. The second-order valence-corrected chi connectivity index (χ2v) is 5.76. The highest BCUT2D eigenvalue weighted by atomic mass is 16.3. The van der Waals surface area contributed by atoms with E-state index >= 15 is 0 Å². The zero-order valence-electron chi connectivity index (χ0n) is 11.2. The summed E-state index contributed by atoms with van der Waals surface area (Å²) in [4.78, 5) is 0. The Morgan fingerprint density at radius 1 is 0.833 bits per heavy atom. The number of aliphatic hydroxyl groups is 1. The van der Waals surface area contributed by atoms with E-state index in [9.17, 15) is 5.11 Å². The summed E-state index contributed by atoms with van der Waals surface area (Å²) >= 11 is 0.